The van der Waals surface area contributed by atoms with Crippen molar-refractivity contribution in [1.29, 1.82) is 0 Å². The lowest BCUT2D eigenvalue weighted by Gasteiger charge is -2.11. The van der Waals surface area contributed by atoms with Gasteiger partial charge in [-0.05, 0) is 61.5 Å². The number of amidine groups is 1. The Kier molecular flexibility index (Phi) is 7.41. The molecule has 1 amide bonds. The van der Waals surface area contributed by atoms with Crippen LogP contribution in [0.1, 0.15) is 35.7 Å². The van der Waals surface area contributed by atoms with E-state index in [1.807, 2.05) is 26.0 Å². The number of hydrogen-bond acceptors (Lipinski definition) is 8. The Bertz CT molecular complexity index is 1030. The molecule has 1 aromatic carbocycles. The number of likely N-dealkylation sites (N-methyl/N-ethyl adjacent to an activating group) is 1. The van der Waals surface area contributed by atoms with Crippen LogP contribution in [0.25, 0.3) is 6.08 Å². The van der Waals surface area contributed by atoms with E-state index in [2.05, 4.69) is 9.73 Å². The average molecular weight is 445 g/mol. The number of benzene rings is 1. The molecule has 8 nitrogen and oxygen atoms in total. The molecule has 2 heterocycles. The first-order valence-corrected chi connectivity index (χ1v) is 10.6. The number of aliphatic imine (C=N–C) groups is 1. The molecule has 0 radical (unpaired) electrons. The fraction of sp³-hybridized carbons (Fsp3) is 0.318. The van der Waals surface area contributed by atoms with Crippen LogP contribution in [-0.4, -0.2) is 49.3 Å². The Labute approximate surface area is 184 Å². The van der Waals surface area contributed by atoms with Gasteiger partial charge in [-0.3, -0.25) is 14.7 Å². The average Bonchev–Trinajstić information content (AvgIpc) is 3.37. The number of rotatable bonds is 8. The van der Waals surface area contributed by atoms with Gasteiger partial charge in [0.15, 0.2) is 16.7 Å². The van der Waals surface area contributed by atoms with Crippen LogP contribution in [0.4, 0.5) is 0 Å². The van der Waals surface area contributed by atoms with Crippen molar-refractivity contribution >= 4 is 34.9 Å². The van der Waals surface area contributed by atoms with Crippen molar-refractivity contribution < 1.29 is 28.2 Å². The maximum absolute atomic E-state index is 12.6. The second-order valence-electron chi connectivity index (χ2n) is 6.37. The van der Waals surface area contributed by atoms with E-state index in [1.165, 1.54) is 24.9 Å². The standard InChI is InChI=1S/C22H24N2O6S/c1-5-23-22-24(6-2)20(25)19(31-22)12-14-7-9-16(18(11-14)27-3)29-13-15-8-10-17(30-15)21(26)28-4/h7-12H,5-6,13H2,1-4H3. The van der Waals surface area contributed by atoms with Crippen molar-refractivity contribution in [1.82, 2.24) is 4.90 Å². The molecule has 0 aliphatic carbocycles. The number of carbonyl (C=O) groups is 2. The normalized spacial score (nSPS) is 16.3. The van der Waals surface area contributed by atoms with Crippen LogP contribution in [0, 0.1) is 0 Å². The van der Waals surface area contributed by atoms with Crippen molar-refractivity contribution in [2.75, 3.05) is 27.3 Å². The van der Waals surface area contributed by atoms with Gasteiger partial charge in [0, 0.05) is 13.1 Å². The summed E-state index contributed by atoms with van der Waals surface area (Å²) in [7, 11) is 2.83. The molecule has 0 N–H and O–H groups in total. The largest absolute Gasteiger partial charge is 0.493 e. The predicted octanol–water partition coefficient (Wildman–Crippen LogP) is 3.97. The quantitative estimate of drug-likeness (QED) is 0.449. The smallest absolute Gasteiger partial charge is 0.373 e. The van der Waals surface area contributed by atoms with Gasteiger partial charge in [0.05, 0.1) is 19.1 Å². The Morgan fingerprint density at radius 3 is 2.68 bits per heavy atom. The van der Waals surface area contributed by atoms with Gasteiger partial charge in [-0.1, -0.05) is 6.07 Å². The van der Waals surface area contributed by atoms with Crippen molar-refractivity contribution in [3.05, 3.63) is 52.3 Å². The molecular formula is C22H24N2O6S. The van der Waals surface area contributed by atoms with E-state index < -0.39 is 5.97 Å². The summed E-state index contributed by atoms with van der Waals surface area (Å²) in [6.45, 7) is 5.17. The van der Waals surface area contributed by atoms with Crippen LogP contribution in [0.3, 0.4) is 0 Å². The van der Waals surface area contributed by atoms with Crippen LogP contribution in [-0.2, 0) is 16.1 Å². The highest BCUT2D eigenvalue weighted by Crippen LogP contribution is 2.35. The highest BCUT2D eigenvalue weighted by molar-refractivity contribution is 8.18. The molecule has 0 bridgehead atoms. The Morgan fingerprint density at radius 1 is 1.19 bits per heavy atom. The Hall–Kier alpha value is -3.20. The minimum Gasteiger partial charge on any atom is -0.493 e. The third kappa shape index (κ3) is 5.11. The molecule has 1 fully saturated rings. The van der Waals surface area contributed by atoms with Crippen LogP contribution in [0.15, 0.2) is 44.6 Å². The van der Waals surface area contributed by atoms with Crippen LogP contribution < -0.4 is 9.47 Å². The van der Waals surface area contributed by atoms with Gasteiger partial charge >= 0.3 is 5.97 Å². The van der Waals surface area contributed by atoms with Crippen molar-refractivity contribution in [3.63, 3.8) is 0 Å². The molecule has 0 saturated carbocycles. The van der Waals surface area contributed by atoms with E-state index in [4.69, 9.17) is 13.9 Å². The van der Waals surface area contributed by atoms with Gasteiger partial charge in [-0.15, -0.1) is 0 Å². The topological polar surface area (TPSA) is 90.6 Å². The summed E-state index contributed by atoms with van der Waals surface area (Å²) in [6.07, 6.45) is 1.81. The second kappa shape index (κ2) is 10.2. The zero-order valence-corrected chi connectivity index (χ0v) is 18.7. The number of carbonyl (C=O) groups excluding carboxylic acids is 2. The minimum absolute atomic E-state index is 0.0572. The summed E-state index contributed by atoms with van der Waals surface area (Å²) in [5.74, 6) is 1.01. The molecule has 1 aromatic heterocycles. The molecule has 3 rings (SSSR count). The summed E-state index contributed by atoms with van der Waals surface area (Å²) >= 11 is 1.37. The Balaban J connectivity index is 1.75. The van der Waals surface area contributed by atoms with E-state index in [0.29, 0.717) is 35.3 Å². The molecule has 31 heavy (non-hydrogen) atoms. The molecule has 1 aliphatic rings. The lowest BCUT2D eigenvalue weighted by Crippen LogP contribution is -2.28. The predicted molar refractivity (Wildman–Crippen MR) is 118 cm³/mol. The highest BCUT2D eigenvalue weighted by atomic mass is 32.2. The molecule has 1 aliphatic heterocycles. The maximum atomic E-state index is 12.6. The first-order valence-electron chi connectivity index (χ1n) is 9.74. The SMILES string of the molecule is CCN=C1SC(=Cc2ccc(OCc3ccc(C(=O)OC)o3)c(OC)c2)C(=O)N1CC. The number of amides is 1. The number of ether oxygens (including phenoxy) is 3. The summed E-state index contributed by atoms with van der Waals surface area (Å²) in [4.78, 5) is 30.8. The lowest BCUT2D eigenvalue weighted by atomic mass is 10.2. The van der Waals surface area contributed by atoms with E-state index in [9.17, 15) is 9.59 Å². The monoisotopic (exact) mass is 444 g/mol. The number of methoxy groups -OCH3 is 2. The van der Waals surface area contributed by atoms with Gasteiger partial charge in [0.2, 0.25) is 5.76 Å². The molecule has 9 heteroatoms. The maximum Gasteiger partial charge on any atom is 0.373 e. The summed E-state index contributed by atoms with van der Waals surface area (Å²) in [5.41, 5.74) is 0.805. The van der Waals surface area contributed by atoms with Gasteiger partial charge in [-0.25, -0.2) is 4.79 Å². The first-order chi connectivity index (χ1) is 15.0. The molecule has 1 saturated heterocycles. The van der Waals surface area contributed by atoms with Gasteiger partial charge in [-0.2, -0.15) is 0 Å². The summed E-state index contributed by atoms with van der Waals surface area (Å²) in [6, 6.07) is 8.58. The number of hydrogen-bond donors (Lipinski definition) is 0. The van der Waals surface area contributed by atoms with Crippen molar-refractivity contribution in [2.45, 2.75) is 20.5 Å². The fourth-order valence-corrected chi connectivity index (χ4v) is 4.00. The third-order valence-corrected chi connectivity index (χ3v) is 5.45. The van der Waals surface area contributed by atoms with Gasteiger partial charge < -0.3 is 18.6 Å². The van der Waals surface area contributed by atoms with Crippen LogP contribution in [0.5, 0.6) is 11.5 Å². The molecule has 0 spiro atoms. The first kappa shape index (κ1) is 22.5. The number of thioether (sulfide) groups is 1. The third-order valence-electron chi connectivity index (χ3n) is 4.40. The Morgan fingerprint density at radius 2 is 2.00 bits per heavy atom. The van der Waals surface area contributed by atoms with E-state index in [0.717, 1.165) is 10.7 Å². The lowest BCUT2D eigenvalue weighted by molar-refractivity contribution is -0.122. The van der Waals surface area contributed by atoms with Gasteiger partial charge in [0.1, 0.15) is 12.4 Å². The number of nitrogens with zero attached hydrogens (tertiary/aromatic N) is 2. The number of esters is 1. The molecule has 2 aromatic rings. The van der Waals surface area contributed by atoms with E-state index in [-0.39, 0.29) is 18.3 Å². The highest BCUT2D eigenvalue weighted by Gasteiger charge is 2.31. The summed E-state index contributed by atoms with van der Waals surface area (Å²) in [5, 5.41) is 0.720. The van der Waals surface area contributed by atoms with Crippen molar-refractivity contribution in [3.8, 4) is 11.5 Å². The fourth-order valence-electron chi connectivity index (χ4n) is 2.90. The van der Waals surface area contributed by atoms with E-state index in [1.54, 1.807) is 30.2 Å². The van der Waals surface area contributed by atoms with Crippen LogP contribution in [0.2, 0.25) is 0 Å². The number of furan rings is 1. The molecule has 164 valence electrons. The molecular weight excluding hydrogens is 420 g/mol. The zero-order chi connectivity index (χ0) is 22.4. The molecule has 0 atom stereocenters. The van der Waals surface area contributed by atoms with E-state index >= 15 is 0 Å². The molecule has 0 unspecified atom stereocenters. The van der Waals surface area contributed by atoms with Crippen molar-refractivity contribution in [2.24, 2.45) is 4.99 Å². The van der Waals surface area contributed by atoms with Gasteiger partial charge in [0.25, 0.3) is 5.91 Å². The van der Waals surface area contributed by atoms with Crippen LogP contribution >= 0.6 is 11.8 Å². The zero-order valence-electron chi connectivity index (χ0n) is 17.8. The minimum atomic E-state index is -0.547. The summed E-state index contributed by atoms with van der Waals surface area (Å²) < 4.78 is 21.2. The second-order valence-corrected chi connectivity index (χ2v) is 7.38.